The number of hydrogen-bond donors (Lipinski definition) is 0. The number of piperidine rings is 1. The molecule has 1 aromatic carbocycles. The lowest BCUT2D eigenvalue weighted by atomic mass is 10.0. The van der Waals surface area contributed by atoms with Crippen molar-refractivity contribution in [2.45, 2.75) is 83.9 Å². The number of hydrogen-bond acceptors (Lipinski definition) is 6. The Labute approximate surface area is 236 Å². The first-order valence-corrected chi connectivity index (χ1v) is 14.6. The maximum Gasteiger partial charge on any atom is 0.410 e. The van der Waals surface area contributed by atoms with Crippen LogP contribution in [-0.2, 0) is 16.0 Å². The Bertz CT molecular complexity index is 1210. The van der Waals surface area contributed by atoms with E-state index < -0.39 is 5.60 Å². The third kappa shape index (κ3) is 6.80. The molecule has 0 spiro atoms. The molecule has 0 bridgehead atoms. The topological polar surface area (TPSA) is 95.9 Å². The zero-order chi connectivity index (χ0) is 28.4. The summed E-state index contributed by atoms with van der Waals surface area (Å²) in [5, 5.41) is 0. The predicted octanol–water partition coefficient (Wildman–Crippen LogP) is 4.56. The number of carbonyl (C=O) groups excluding carboxylic acids is 3. The third-order valence-electron chi connectivity index (χ3n) is 7.93. The summed E-state index contributed by atoms with van der Waals surface area (Å²) in [4.78, 5) is 53.3. The summed E-state index contributed by atoms with van der Waals surface area (Å²) in [6.07, 6.45) is 7.87. The highest BCUT2D eigenvalue weighted by atomic mass is 16.6. The van der Waals surface area contributed by atoms with Crippen LogP contribution in [0.4, 0.5) is 4.79 Å². The van der Waals surface area contributed by atoms with Gasteiger partial charge in [0.05, 0.1) is 12.0 Å². The van der Waals surface area contributed by atoms with Gasteiger partial charge in [-0.3, -0.25) is 9.59 Å². The molecule has 9 heteroatoms. The Morgan fingerprint density at radius 2 is 1.50 bits per heavy atom. The number of amides is 3. The highest BCUT2D eigenvalue weighted by Gasteiger charge is 2.40. The Kier molecular flexibility index (Phi) is 8.10. The number of likely N-dealkylation sites (tertiary alicyclic amines) is 2. The molecular formula is C31H41N5O4. The first-order chi connectivity index (χ1) is 19.1. The third-order valence-corrected chi connectivity index (χ3v) is 7.93. The van der Waals surface area contributed by atoms with Gasteiger partial charge in [0, 0.05) is 56.2 Å². The molecule has 0 N–H and O–H groups in total. The van der Waals surface area contributed by atoms with Gasteiger partial charge in [-0.15, -0.1) is 0 Å². The number of rotatable bonds is 6. The van der Waals surface area contributed by atoms with E-state index in [1.165, 1.54) is 0 Å². The molecule has 0 radical (unpaired) electrons. The lowest BCUT2D eigenvalue weighted by molar-refractivity contribution is -0.129. The van der Waals surface area contributed by atoms with Crippen molar-refractivity contribution in [3.63, 3.8) is 0 Å². The zero-order valence-electron chi connectivity index (χ0n) is 24.1. The van der Waals surface area contributed by atoms with Crippen LogP contribution in [0.15, 0.2) is 36.7 Å². The molecule has 40 heavy (non-hydrogen) atoms. The van der Waals surface area contributed by atoms with Gasteiger partial charge in [0.2, 0.25) is 5.91 Å². The van der Waals surface area contributed by atoms with Gasteiger partial charge in [-0.05, 0) is 64.4 Å². The highest BCUT2D eigenvalue weighted by Crippen LogP contribution is 2.33. The normalized spacial score (nSPS) is 19.9. The van der Waals surface area contributed by atoms with E-state index in [2.05, 4.69) is 16.9 Å². The summed E-state index contributed by atoms with van der Waals surface area (Å²) in [6.45, 7) is 10.6. The van der Waals surface area contributed by atoms with Crippen LogP contribution in [0, 0.1) is 5.92 Å². The summed E-state index contributed by atoms with van der Waals surface area (Å²) >= 11 is 0. The van der Waals surface area contributed by atoms with Crippen molar-refractivity contribution in [3.05, 3.63) is 47.8 Å². The van der Waals surface area contributed by atoms with E-state index >= 15 is 0 Å². The Balaban J connectivity index is 1.18. The lowest BCUT2D eigenvalue weighted by Gasteiger charge is -2.39. The molecule has 2 aromatic rings. The van der Waals surface area contributed by atoms with Gasteiger partial charge in [0.1, 0.15) is 5.60 Å². The van der Waals surface area contributed by atoms with Crippen LogP contribution < -0.4 is 0 Å². The van der Waals surface area contributed by atoms with E-state index in [9.17, 15) is 14.4 Å². The van der Waals surface area contributed by atoms with Crippen LogP contribution in [0.5, 0.6) is 0 Å². The van der Waals surface area contributed by atoms with Gasteiger partial charge in [-0.1, -0.05) is 31.2 Å². The summed E-state index contributed by atoms with van der Waals surface area (Å²) in [5.74, 6) is 1.25. The molecular weight excluding hydrogens is 506 g/mol. The summed E-state index contributed by atoms with van der Waals surface area (Å²) in [6, 6.07) is 8.09. The van der Waals surface area contributed by atoms with E-state index in [1.807, 2.05) is 54.8 Å². The van der Waals surface area contributed by atoms with Crippen LogP contribution in [0.1, 0.15) is 75.7 Å². The first-order valence-electron chi connectivity index (χ1n) is 14.6. The van der Waals surface area contributed by atoms with Gasteiger partial charge in [0.25, 0.3) is 5.91 Å². The zero-order valence-corrected chi connectivity index (χ0v) is 24.1. The van der Waals surface area contributed by atoms with Crippen molar-refractivity contribution in [2.75, 3.05) is 26.2 Å². The molecule has 1 saturated carbocycles. The molecule has 3 aliphatic rings. The molecule has 1 aliphatic carbocycles. The van der Waals surface area contributed by atoms with Crippen molar-refractivity contribution in [1.29, 1.82) is 0 Å². The van der Waals surface area contributed by atoms with Crippen molar-refractivity contribution in [2.24, 2.45) is 5.92 Å². The number of benzene rings is 1. The van der Waals surface area contributed by atoms with Gasteiger partial charge >= 0.3 is 6.09 Å². The van der Waals surface area contributed by atoms with Crippen LogP contribution >= 0.6 is 0 Å². The minimum atomic E-state index is -0.524. The molecule has 3 amide bonds. The van der Waals surface area contributed by atoms with Gasteiger partial charge in [-0.2, -0.15) is 0 Å². The fourth-order valence-corrected chi connectivity index (χ4v) is 5.59. The van der Waals surface area contributed by atoms with E-state index in [1.54, 1.807) is 17.3 Å². The second kappa shape index (κ2) is 11.6. The Hall–Kier alpha value is -3.49. The van der Waals surface area contributed by atoms with Gasteiger partial charge < -0.3 is 19.4 Å². The number of aromatic nitrogens is 2. The summed E-state index contributed by atoms with van der Waals surface area (Å²) in [7, 11) is 0. The summed E-state index contributed by atoms with van der Waals surface area (Å²) in [5.41, 5.74) is 1.77. The second-order valence-electron chi connectivity index (χ2n) is 12.5. The largest absolute Gasteiger partial charge is 0.444 e. The molecule has 5 rings (SSSR count). The van der Waals surface area contributed by atoms with E-state index in [0.717, 1.165) is 56.3 Å². The Morgan fingerprint density at radius 3 is 2.05 bits per heavy atom. The molecule has 2 aliphatic heterocycles. The number of nitrogens with zero attached hydrogens (tertiary/aromatic N) is 5. The monoisotopic (exact) mass is 547 g/mol. The molecule has 2 saturated heterocycles. The predicted molar refractivity (Wildman–Crippen MR) is 152 cm³/mol. The van der Waals surface area contributed by atoms with Gasteiger partial charge in [0.15, 0.2) is 5.82 Å². The molecule has 0 unspecified atom stereocenters. The highest BCUT2D eigenvalue weighted by molar-refractivity contribution is 5.94. The van der Waals surface area contributed by atoms with Crippen LogP contribution in [0.3, 0.4) is 0 Å². The fourth-order valence-electron chi connectivity index (χ4n) is 5.59. The van der Waals surface area contributed by atoms with Crippen LogP contribution in [0.25, 0.3) is 11.4 Å². The molecule has 3 fully saturated rings. The van der Waals surface area contributed by atoms with Crippen LogP contribution in [0.2, 0.25) is 0 Å². The van der Waals surface area contributed by atoms with Crippen molar-refractivity contribution in [1.82, 2.24) is 24.7 Å². The lowest BCUT2D eigenvalue weighted by Crippen LogP contribution is -2.50. The van der Waals surface area contributed by atoms with E-state index in [4.69, 9.17) is 4.74 Å². The quantitative estimate of drug-likeness (QED) is 0.526. The number of ether oxygens (including phenoxy) is 1. The standard InChI is InChI=1S/C31H41N5O4/c1-21-11-14-35(20-21)27(37)17-22-5-7-23(8-6-22)28-32-18-24(19-33-28)29(38)36(25-9-10-25)26-12-15-34(16-13-26)30(39)40-31(2,3)4/h5-8,18-19,21,25-26H,9-17,20H2,1-4H3/t21-/m1/s1. The number of carbonyl (C=O) groups is 3. The molecule has 1 aromatic heterocycles. The maximum atomic E-state index is 13.6. The van der Waals surface area contributed by atoms with Crippen LogP contribution in [-0.4, -0.2) is 86.4 Å². The Morgan fingerprint density at radius 1 is 0.900 bits per heavy atom. The smallest absolute Gasteiger partial charge is 0.410 e. The van der Waals surface area contributed by atoms with Crippen molar-refractivity contribution in [3.8, 4) is 11.4 Å². The second-order valence-corrected chi connectivity index (χ2v) is 12.5. The van der Waals surface area contributed by atoms with Crippen molar-refractivity contribution >= 4 is 17.9 Å². The molecule has 9 nitrogen and oxygen atoms in total. The fraction of sp³-hybridized carbons (Fsp3) is 0.581. The molecule has 214 valence electrons. The van der Waals surface area contributed by atoms with E-state index in [-0.39, 0.29) is 30.0 Å². The van der Waals surface area contributed by atoms with E-state index in [0.29, 0.717) is 36.8 Å². The average molecular weight is 548 g/mol. The average Bonchev–Trinajstić information content (AvgIpc) is 3.66. The van der Waals surface area contributed by atoms with Gasteiger partial charge in [-0.25, -0.2) is 14.8 Å². The minimum Gasteiger partial charge on any atom is -0.444 e. The first kappa shape index (κ1) is 28.1. The van der Waals surface area contributed by atoms with Crippen molar-refractivity contribution < 1.29 is 19.1 Å². The SMILES string of the molecule is C[C@@H]1CCN(C(=O)Cc2ccc(-c3ncc(C(=O)N(C4CC4)C4CCN(C(=O)OC(C)(C)C)CC4)cn3)cc2)C1. The maximum absolute atomic E-state index is 13.6. The summed E-state index contributed by atoms with van der Waals surface area (Å²) < 4.78 is 5.52. The molecule has 3 heterocycles. The minimum absolute atomic E-state index is 0.0464. The molecule has 1 atom stereocenters.